The SMILES string of the molecule is CCCC(=O)NCc1cc2c(nc1OC)CN(C1CCCC1)C2=O. The number of fused-ring (bicyclic) bond motifs is 1. The highest BCUT2D eigenvalue weighted by molar-refractivity contribution is 5.98. The normalized spacial score (nSPS) is 17.2. The minimum Gasteiger partial charge on any atom is -0.481 e. The summed E-state index contributed by atoms with van der Waals surface area (Å²) in [6.45, 7) is 2.87. The second-order valence-electron chi connectivity index (χ2n) is 6.55. The molecule has 1 aromatic rings. The number of nitrogens with one attached hydrogen (secondary N) is 1. The molecule has 0 aromatic carbocycles. The third-order valence-electron chi connectivity index (χ3n) is 4.86. The molecule has 2 heterocycles. The fourth-order valence-corrected chi connectivity index (χ4v) is 3.59. The number of methoxy groups -OCH3 is 1. The average molecular weight is 331 g/mol. The first-order valence-corrected chi connectivity index (χ1v) is 8.78. The number of amides is 2. The van der Waals surface area contributed by atoms with Crippen molar-refractivity contribution in [2.24, 2.45) is 0 Å². The fourth-order valence-electron chi connectivity index (χ4n) is 3.59. The number of aromatic nitrogens is 1. The quantitative estimate of drug-likeness (QED) is 0.869. The van der Waals surface area contributed by atoms with E-state index in [0.29, 0.717) is 37.0 Å². The van der Waals surface area contributed by atoms with Gasteiger partial charge >= 0.3 is 0 Å². The lowest BCUT2D eigenvalue weighted by atomic mass is 10.1. The zero-order valence-corrected chi connectivity index (χ0v) is 14.4. The Morgan fingerprint density at radius 3 is 2.83 bits per heavy atom. The molecule has 130 valence electrons. The maximum absolute atomic E-state index is 12.7. The summed E-state index contributed by atoms with van der Waals surface area (Å²) in [5.74, 6) is 0.554. The van der Waals surface area contributed by atoms with Crippen LogP contribution in [0.2, 0.25) is 0 Å². The topological polar surface area (TPSA) is 71.5 Å². The van der Waals surface area contributed by atoms with E-state index in [1.54, 1.807) is 7.11 Å². The molecule has 3 rings (SSSR count). The van der Waals surface area contributed by atoms with E-state index in [2.05, 4.69) is 10.3 Å². The highest BCUT2D eigenvalue weighted by Crippen LogP contribution is 2.33. The van der Waals surface area contributed by atoms with E-state index in [9.17, 15) is 9.59 Å². The summed E-state index contributed by atoms with van der Waals surface area (Å²) in [5.41, 5.74) is 2.19. The Hall–Kier alpha value is -2.11. The zero-order valence-electron chi connectivity index (χ0n) is 14.4. The van der Waals surface area contributed by atoms with Crippen LogP contribution in [-0.2, 0) is 17.9 Å². The largest absolute Gasteiger partial charge is 0.481 e. The molecule has 0 unspecified atom stereocenters. The minimum absolute atomic E-state index is 0.000963. The summed E-state index contributed by atoms with van der Waals surface area (Å²) in [4.78, 5) is 30.9. The maximum Gasteiger partial charge on any atom is 0.256 e. The zero-order chi connectivity index (χ0) is 17.1. The van der Waals surface area contributed by atoms with Gasteiger partial charge in [0, 0.05) is 24.6 Å². The monoisotopic (exact) mass is 331 g/mol. The van der Waals surface area contributed by atoms with Crippen molar-refractivity contribution < 1.29 is 14.3 Å². The molecule has 0 bridgehead atoms. The van der Waals surface area contributed by atoms with Crippen LogP contribution in [-0.4, -0.2) is 34.8 Å². The molecule has 1 aliphatic carbocycles. The van der Waals surface area contributed by atoms with Gasteiger partial charge in [0.25, 0.3) is 5.91 Å². The number of ether oxygens (including phenoxy) is 1. The van der Waals surface area contributed by atoms with Crippen molar-refractivity contribution in [3.8, 4) is 5.88 Å². The molecule has 0 saturated heterocycles. The summed E-state index contributed by atoms with van der Waals surface area (Å²) in [5, 5.41) is 2.86. The molecule has 0 atom stereocenters. The van der Waals surface area contributed by atoms with Crippen LogP contribution in [0.4, 0.5) is 0 Å². The first-order chi connectivity index (χ1) is 11.6. The van der Waals surface area contributed by atoms with Gasteiger partial charge in [0.2, 0.25) is 11.8 Å². The number of carbonyl (C=O) groups excluding carboxylic acids is 2. The number of hydrogen-bond acceptors (Lipinski definition) is 4. The smallest absolute Gasteiger partial charge is 0.256 e. The summed E-state index contributed by atoms with van der Waals surface area (Å²) < 4.78 is 5.37. The van der Waals surface area contributed by atoms with E-state index in [1.165, 1.54) is 12.8 Å². The van der Waals surface area contributed by atoms with E-state index in [4.69, 9.17) is 4.74 Å². The Labute approximate surface area is 142 Å². The van der Waals surface area contributed by atoms with Gasteiger partial charge in [0.1, 0.15) is 0 Å². The Morgan fingerprint density at radius 1 is 1.42 bits per heavy atom. The van der Waals surface area contributed by atoms with Crippen LogP contribution in [0.1, 0.15) is 67.1 Å². The van der Waals surface area contributed by atoms with E-state index in [1.807, 2.05) is 17.9 Å². The minimum atomic E-state index is -0.000963. The van der Waals surface area contributed by atoms with E-state index < -0.39 is 0 Å². The average Bonchev–Trinajstić information content (AvgIpc) is 3.20. The maximum atomic E-state index is 12.7. The lowest BCUT2D eigenvalue weighted by molar-refractivity contribution is -0.121. The van der Waals surface area contributed by atoms with Crippen LogP contribution in [0.25, 0.3) is 0 Å². The first kappa shape index (κ1) is 16.7. The summed E-state index contributed by atoms with van der Waals surface area (Å²) >= 11 is 0. The van der Waals surface area contributed by atoms with Crippen LogP contribution < -0.4 is 10.1 Å². The molecule has 6 nitrogen and oxygen atoms in total. The number of carbonyl (C=O) groups is 2. The predicted molar refractivity (Wildman–Crippen MR) is 89.7 cm³/mol. The van der Waals surface area contributed by atoms with Gasteiger partial charge in [-0.05, 0) is 25.3 Å². The van der Waals surface area contributed by atoms with E-state index in [0.717, 1.165) is 30.5 Å². The molecule has 24 heavy (non-hydrogen) atoms. The molecule has 1 saturated carbocycles. The third kappa shape index (κ3) is 3.23. The van der Waals surface area contributed by atoms with Crippen LogP contribution >= 0.6 is 0 Å². The van der Waals surface area contributed by atoms with Crippen molar-refractivity contribution in [2.75, 3.05) is 7.11 Å². The predicted octanol–water partition coefficient (Wildman–Crippen LogP) is 2.40. The van der Waals surface area contributed by atoms with Gasteiger partial charge in [0.05, 0.1) is 24.9 Å². The lowest BCUT2D eigenvalue weighted by Crippen LogP contribution is -2.33. The second-order valence-corrected chi connectivity index (χ2v) is 6.55. The standard InChI is InChI=1S/C18H25N3O3/c1-3-6-16(22)19-10-12-9-14-15(20-17(12)24-2)11-21(18(14)23)13-7-4-5-8-13/h9,13H,3-8,10-11H2,1-2H3,(H,19,22). The Morgan fingerprint density at radius 2 is 2.17 bits per heavy atom. The van der Waals surface area contributed by atoms with E-state index in [-0.39, 0.29) is 11.8 Å². The van der Waals surface area contributed by atoms with Crippen molar-refractivity contribution >= 4 is 11.8 Å². The molecule has 2 aliphatic rings. The highest BCUT2D eigenvalue weighted by Gasteiger charge is 2.35. The molecule has 0 radical (unpaired) electrons. The van der Waals surface area contributed by atoms with Crippen LogP contribution in [0.5, 0.6) is 5.88 Å². The summed E-state index contributed by atoms with van der Waals surface area (Å²) in [6, 6.07) is 2.18. The van der Waals surface area contributed by atoms with Gasteiger partial charge in [-0.25, -0.2) is 4.98 Å². The first-order valence-electron chi connectivity index (χ1n) is 8.78. The third-order valence-corrected chi connectivity index (χ3v) is 4.86. The Bertz CT molecular complexity index is 639. The molecule has 1 fully saturated rings. The number of pyridine rings is 1. The van der Waals surface area contributed by atoms with Gasteiger partial charge in [-0.3, -0.25) is 9.59 Å². The molecule has 1 aromatic heterocycles. The van der Waals surface area contributed by atoms with Crippen LogP contribution in [0.15, 0.2) is 6.07 Å². The van der Waals surface area contributed by atoms with E-state index >= 15 is 0 Å². The van der Waals surface area contributed by atoms with Gasteiger partial charge in [-0.15, -0.1) is 0 Å². The summed E-state index contributed by atoms with van der Waals surface area (Å²) in [7, 11) is 1.57. The van der Waals surface area contributed by atoms with Crippen LogP contribution in [0, 0.1) is 0 Å². The molecular weight excluding hydrogens is 306 g/mol. The number of nitrogens with zero attached hydrogens (tertiary/aromatic N) is 2. The van der Waals surface area contributed by atoms with Gasteiger partial charge < -0.3 is 15.0 Å². The summed E-state index contributed by atoms with van der Waals surface area (Å²) in [6.07, 6.45) is 5.84. The van der Waals surface area contributed by atoms with Crippen molar-refractivity contribution in [2.45, 2.75) is 64.6 Å². The number of rotatable bonds is 6. The van der Waals surface area contributed by atoms with Crippen LogP contribution in [0.3, 0.4) is 0 Å². The van der Waals surface area contributed by atoms with Gasteiger partial charge in [-0.1, -0.05) is 19.8 Å². The molecular formula is C18H25N3O3. The lowest BCUT2D eigenvalue weighted by Gasteiger charge is -2.22. The van der Waals surface area contributed by atoms with Gasteiger partial charge in [-0.2, -0.15) is 0 Å². The molecule has 1 aliphatic heterocycles. The Balaban J connectivity index is 1.79. The van der Waals surface area contributed by atoms with Crippen molar-refractivity contribution in [1.29, 1.82) is 0 Å². The molecule has 1 N–H and O–H groups in total. The second kappa shape index (κ2) is 7.20. The number of hydrogen-bond donors (Lipinski definition) is 1. The van der Waals surface area contributed by atoms with Crippen molar-refractivity contribution in [3.63, 3.8) is 0 Å². The molecule has 0 spiro atoms. The van der Waals surface area contributed by atoms with Gasteiger partial charge in [0.15, 0.2) is 0 Å². The highest BCUT2D eigenvalue weighted by atomic mass is 16.5. The molecule has 6 heteroatoms. The van der Waals surface area contributed by atoms with Crippen molar-refractivity contribution in [3.05, 3.63) is 22.9 Å². The van der Waals surface area contributed by atoms with Crippen molar-refractivity contribution in [1.82, 2.24) is 15.2 Å². The Kier molecular flexibility index (Phi) is 5.02. The molecule has 2 amide bonds. The fraction of sp³-hybridized carbons (Fsp3) is 0.611.